The number of methoxy groups -OCH3 is 1. The van der Waals surface area contributed by atoms with Gasteiger partial charge in [-0.1, -0.05) is 76.2 Å². The number of aliphatic hydroxyl groups is 1. The van der Waals surface area contributed by atoms with Gasteiger partial charge in [0.1, 0.15) is 23.8 Å². The number of halogens is 1. The number of nitrogens with zero attached hydrogens (tertiary/aromatic N) is 3. The Kier molecular flexibility index (Phi) is 15.2. The van der Waals surface area contributed by atoms with E-state index in [1.165, 1.54) is 18.9 Å². The molecule has 1 unspecified atom stereocenters. The number of nitrogens with one attached hydrogen (secondary N) is 1. The molecule has 14 nitrogen and oxygen atoms in total. The summed E-state index contributed by atoms with van der Waals surface area (Å²) in [6.07, 6.45) is -2.82. The van der Waals surface area contributed by atoms with Crippen LogP contribution in [0.3, 0.4) is 0 Å². The average Bonchev–Trinajstić information content (AvgIpc) is 3.78. The van der Waals surface area contributed by atoms with Crippen LogP contribution in [0.4, 0.5) is 9.18 Å². The van der Waals surface area contributed by atoms with Crippen LogP contribution in [0.2, 0.25) is 0 Å². The summed E-state index contributed by atoms with van der Waals surface area (Å²) in [7, 11) is 1.40. The molecule has 0 aliphatic carbocycles. The molecule has 3 aliphatic rings. The van der Waals surface area contributed by atoms with Crippen LogP contribution in [-0.4, -0.2) is 123 Å². The van der Waals surface area contributed by atoms with Crippen molar-refractivity contribution in [3.8, 4) is 11.4 Å². The summed E-state index contributed by atoms with van der Waals surface area (Å²) in [5.41, 5.74) is -3.46. The van der Waals surface area contributed by atoms with Crippen LogP contribution in [0.25, 0.3) is 22.4 Å². The predicted octanol–water partition coefficient (Wildman–Crippen LogP) is 6.99. The monoisotopic (exact) mass is 890 g/mol. The summed E-state index contributed by atoms with van der Waals surface area (Å²) in [4.78, 5) is 63.8. The van der Waals surface area contributed by atoms with Crippen molar-refractivity contribution in [2.24, 2.45) is 17.8 Å². The molecule has 0 bridgehead atoms. The molecule has 1 amide bonds. The summed E-state index contributed by atoms with van der Waals surface area (Å²) in [5, 5.41) is 14.7. The second-order valence-electron chi connectivity index (χ2n) is 18.5. The number of unbranched alkanes of at least 4 members (excludes halogenated alkanes) is 1. The second kappa shape index (κ2) is 19.9. The fourth-order valence-electron chi connectivity index (χ4n) is 10.3. The van der Waals surface area contributed by atoms with Gasteiger partial charge in [0.2, 0.25) is 0 Å². The highest BCUT2D eigenvalue weighted by Gasteiger charge is 2.61. The number of amides is 1. The highest BCUT2D eigenvalue weighted by molar-refractivity contribution is 6.08. The molecule has 3 aliphatic heterocycles. The number of esters is 1. The molecule has 0 radical (unpaired) electrons. The predicted molar refractivity (Wildman–Crippen MR) is 239 cm³/mol. The van der Waals surface area contributed by atoms with Crippen LogP contribution in [-0.2, 0) is 44.6 Å². The number of benzene rings is 2. The van der Waals surface area contributed by atoms with Crippen molar-refractivity contribution >= 4 is 34.7 Å². The Hall–Kier alpha value is -4.54. The fourth-order valence-corrected chi connectivity index (χ4v) is 10.3. The van der Waals surface area contributed by atoms with E-state index in [0.29, 0.717) is 32.4 Å². The van der Waals surface area contributed by atoms with Gasteiger partial charge in [-0.25, -0.2) is 19.0 Å². The van der Waals surface area contributed by atoms with Gasteiger partial charge >= 0.3 is 12.1 Å². The molecule has 1 aromatic heterocycles. The number of aromatic nitrogens is 2. The zero-order valence-corrected chi connectivity index (χ0v) is 38.8. The van der Waals surface area contributed by atoms with Crippen LogP contribution in [0.1, 0.15) is 87.5 Å². The number of aryl methyl sites for hydroxylation is 1. The van der Waals surface area contributed by atoms with E-state index >= 15 is 4.39 Å². The van der Waals surface area contributed by atoms with Crippen molar-refractivity contribution in [3.05, 3.63) is 67.3 Å². The maximum Gasteiger partial charge on any atom is 0.410 e. The van der Waals surface area contributed by atoms with Crippen molar-refractivity contribution in [3.63, 3.8) is 0 Å². The van der Waals surface area contributed by atoms with E-state index in [4.69, 9.17) is 28.7 Å². The van der Waals surface area contributed by atoms with Gasteiger partial charge in [0.05, 0.1) is 34.9 Å². The van der Waals surface area contributed by atoms with Crippen LogP contribution in [0, 0.1) is 17.8 Å². The van der Waals surface area contributed by atoms with E-state index in [9.17, 15) is 24.3 Å². The van der Waals surface area contributed by atoms with E-state index in [1.54, 1.807) is 40.7 Å². The molecule has 4 heterocycles. The first kappa shape index (κ1) is 48.9. The number of rotatable bonds is 13. The number of hydrogen-bond acceptors (Lipinski definition) is 12. The topological polar surface area (TPSA) is 168 Å². The minimum Gasteiger partial charge on any atom is -0.455 e. The number of fused-ring (bicyclic) bond motifs is 2. The van der Waals surface area contributed by atoms with E-state index < -0.39 is 89.2 Å². The molecular formula is C49H67FN4O10. The molecule has 2 aromatic carbocycles. The third-order valence-electron chi connectivity index (χ3n) is 13.8. The Morgan fingerprint density at radius 1 is 0.984 bits per heavy atom. The number of aliphatic hydroxyl groups excluding tert-OH is 1. The molecular weight excluding hydrogens is 824 g/mol. The summed E-state index contributed by atoms with van der Waals surface area (Å²) >= 11 is 0. The second-order valence-corrected chi connectivity index (χ2v) is 18.5. The largest absolute Gasteiger partial charge is 0.455 e. The Bertz CT molecular complexity index is 2150. The fraction of sp³-hybridized carbons (Fsp3) is 0.612. The number of ketones is 2. The standard InChI is InChI=1S/C49H67FN4O10/c1-11-24-51-35-27-30(4)61-44(39(35)56)63-42-32(6)41(57)48(8,50)45(58)62-37(12-2)49(9)40(31(5)38(55)29(3)28-47(42,7)60-10)54(46(59)64-49)26-19-18-25-53-36-23-17-16-22-34(36)52-43(53)33-20-14-13-15-21-33/h11,13-17,20-23,29-32,35,37,39-40,42,44,51,56H,1,12,18-19,24-28H2,2-10H3/t29-,30-,31+,32+,35+,37-,39+,40?,42-,44+,47-,48+,49-/m1/s1. The highest BCUT2D eigenvalue weighted by Crippen LogP contribution is 2.44. The minimum atomic E-state index is -3.20. The lowest BCUT2D eigenvalue weighted by Crippen LogP contribution is -2.62. The number of carbonyl (C=O) groups is 4. The molecule has 13 atom stereocenters. The maximum absolute atomic E-state index is 17.0. The summed E-state index contributed by atoms with van der Waals surface area (Å²) in [5.74, 6) is -5.04. The first-order valence-electron chi connectivity index (χ1n) is 22.7. The Balaban J connectivity index is 1.31. The molecule has 3 fully saturated rings. The van der Waals surface area contributed by atoms with Crippen LogP contribution in [0.15, 0.2) is 67.3 Å². The quantitative estimate of drug-likeness (QED) is 0.0783. The van der Waals surface area contributed by atoms with E-state index in [1.807, 2.05) is 61.5 Å². The number of ether oxygens (including phenoxy) is 5. The Labute approximate surface area is 376 Å². The van der Waals surface area contributed by atoms with Gasteiger partial charge in [-0.3, -0.25) is 9.59 Å². The Morgan fingerprint density at radius 2 is 1.66 bits per heavy atom. The van der Waals surface area contributed by atoms with Crippen molar-refractivity contribution in [2.75, 3.05) is 20.2 Å². The number of carbonyl (C=O) groups excluding carboxylic acids is 4. The summed E-state index contributed by atoms with van der Waals surface area (Å²) < 4.78 is 50.0. The van der Waals surface area contributed by atoms with E-state index in [0.717, 1.165) is 29.3 Å². The Morgan fingerprint density at radius 3 is 2.33 bits per heavy atom. The molecule has 350 valence electrons. The molecule has 3 saturated heterocycles. The third-order valence-corrected chi connectivity index (χ3v) is 13.8. The van der Waals surface area contributed by atoms with Gasteiger partial charge in [0.25, 0.3) is 5.67 Å². The number of para-hydroxylation sites is 2. The molecule has 0 saturated carbocycles. The van der Waals surface area contributed by atoms with Crippen molar-refractivity contribution in [1.29, 1.82) is 0 Å². The number of imidazole rings is 1. The van der Waals surface area contributed by atoms with Crippen molar-refractivity contribution in [2.45, 2.75) is 154 Å². The smallest absolute Gasteiger partial charge is 0.410 e. The normalized spacial score (nSPS) is 35.5. The van der Waals surface area contributed by atoms with Gasteiger partial charge < -0.3 is 43.6 Å². The number of hydrogen-bond donors (Lipinski definition) is 2. The minimum absolute atomic E-state index is 0.0169. The summed E-state index contributed by atoms with van der Waals surface area (Å²) in [6.45, 7) is 17.5. The van der Waals surface area contributed by atoms with Crippen molar-refractivity contribution < 1.29 is 52.4 Å². The molecule has 0 spiro atoms. The first-order chi connectivity index (χ1) is 30.3. The van der Waals surface area contributed by atoms with E-state index in [2.05, 4.69) is 16.5 Å². The highest BCUT2D eigenvalue weighted by atomic mass is 19.1. The average molecular weight is 891 g/mol. The van der Waals surface area contributed by atoms with Crippen molar-refractivity contribution in [1.82, 2.24) is 19.8 Å². The van der Waals surface area contributed by atoms with Gasteiger partial charge in [-0.15, -0.1) is 6.58 Å². The molecule has 6 rings (SSSR count). The van der Waals surface area contributed by atoms with Crippen LogP contribution >= 0.6 is 0 Å². The lowest BCUT2D eigenvalue weighted by Gasteiger charge is -2.46. The number of Topliss-reactive ketones (excluding diaryl/α,β-unsaturated/α-hetero) is 2. The van der Waals surface area contributed by atoms with Crippen LogP contribution in [0.5, 0.6) is 0 Å². The van der Waals surface area contributed by atoms with Gasteiger partial charge in [-0.05, 0) is 71.9 Å². The van der Waals surface area contributed by atoms with Gasteiger partial charge in [0.15, 0.2) is 17.7 Å². The zero-order valence-electron chi connectivity index (χ0n) is 38.8. The molecule has 3 aromatic rings. The number of cyclic esters (lactones) is 1. The number of alkyl halides is 1. The first-order valence-corrected chi connectivity index (χ1v) is 22.7. The molecule has 15 heteroatoms. The van der Waals surface area contributed by atoms with Gasteiger partial charge in [0, 0.05) is 56.1 Å². The maximum atomic E-state index is 17.0. The lowest BCUT2D eigenvalue weighted by molar-refractivity contribution is -0.290. The van der Waals surface area contributed by atoms with Crippen LogP contribution < -0.4 is 5.32 Å². The summed E-state index contributed by atoms with van der Waals surface area (Å²) in [6, 6.07) is 16.4. The van der Waals surface area contributed by atoms with E-state index in [-0.39, 0.29) is 31.3 Å². The third kappa shape index (κ3) is 9.55. The molecule has 2 N–H and O–H groups in total. The zero-order chi connectivity index (χ0) is 46.7. The SMILES string of the molecule is C=CCN[C@H]1C[C@@H](C)O[C@@H](O[C@@H]2[C@@H](C)C(=O)[C@](C)(F)C(=O)O[C@H](CC)[C@@]3(C)OC(=O)N(CCCCn4c(-c5ccccc5)nc5ccccc54)C3[C@@H](C)C(=O)[C@H](C)C[C@@]2(C)OC)[C@H]1O. The van der Waals surface area contributed by atoms with Gasteiger partial charge in [-0.2, -0.15) is 0 Å². The molecule has 64 heavy (non-hydrogen) atoms. The lowest BCUT2D eigenvalue weighted by atomic mass is 9.73.